The number of hydrogen-bond acceptors (Lipinski definition) is 4. The summed E-state index contributed by atoms with van der Waals surface area (Å²) < 4.78 is 5.68. The van der Waals surface area contributed by atoms with Crippen molar-refractivity contribution in [2.45, 2.75) is 32.8 Å². The summed E-state index contributed by atoms with van der Waals surface area (Å²) in [4.78, 5) is 16.4. The summed E-state index contributed by atoms with van der Waals surface area (Å²) in [5, 5.41) is 6.06. The monoisotopic (exact) mass is 288 g/mol. The third-order valence-corrected chi connectivity index (χ3v) is 4.31. The third kappa shape index (κ3) is 2.29. The van der Waals surface area contributed by atoms with Crippen LogP contribution in [0.1, 0.15) is 25.3 Å². The fraction of sp³-hybridized carbons (Fsp3) is 0.333. The van der Waals surface area contributed by atoms with Gasteiger partial charge in [0.05, 0.1) is 16.4 Å². The van der Waals surface area contributed by atoms with Crippen LogP contribution in [0.5, 0.6) is 5.75 Å². The number of amides is 1. The Morgan fingerprint density at radius 3 is 2.95 bits per heavy atom. The first-order valence-corrected chi connectivity index (χ1v) is 7.65. The summed E-state index contributed by atoms with van der Waals surface area (Å²) in [6.07, 6.45) is 1.21. The molecule has 1 N–H and O–H groups in total. The van der Waals surface area contributed by atoms with Crippen molar-refractivity contribution in [3.8, 4) is 17.0 Å². The molecule has 1 unspecified atom stereocenters. The number of anilines is 1. The van der Waals surface area contributed by atoms with Crippen molar-refractivity contribution >= 4 is 22.9 Å². The number of carbonyl (C=O) groups is 1. The van der Waals surface area contributed by atoms with E-state index < -0.39 is 0 Å². The van der Waals surface area contributed by atoms with Crippen molar-refractivity contribution in [1.82, 2.24) is 4.98 Å². The van der Waals surface area contributed by atoms with Gasteiger partial charge in [0.15, 0.2) is 6.10 Å². The van der Waals surface area contributed by atoms with Crippen LogP contribution >= 0.6 is 11.3 Å². The van der Waals surface area contributed by atoms with Crippen LogP contribution in [0.3, 0.4) is 0 Å². The molecule has 2 heterocycles. The predicted octanol–water partition coefficient (Wildman–Crippen LogP) is 3.48. The number of nitrogens with zero attached hydrogens (tertiary/aromatic N) is 1. The smallest absolute Gasteiger partial charge is 0.265 e. The number of hydrogen-bond donors (Lipinski definition) is 1. The van der Waals surface area contributed by atoms with Gasteiger partial charge in [-0.15, -0.1) is 11.3 Å². The van der Waals surface area contributed by atoms with E-state index in [4.69, 9.17) is 4.74 Å². The molecule has 5 heteroatoms. The van der Waals surface area contributed by atoms with Gasteiger partial charge in [-0.05, 0) is 31.0 Å². The van der Waals surface area contributed by atoms with Crippen LogP contribution in [0, 0.1) is 0 Å². The molecule has 0 bridgehead atoms. The maximum atomic E-state index is 11.8. The lowest BCUT2D eigenvalue weighted by Gasteiger charge is -2.25. The van der Waals surface area contributed by atoms with Crippen molar-refractivity contribution < 1.29 is 9.53 Å². The molecule has 1 aromatic heterocycles. The molecule has 0 spiro atoms. The van der Waals surface area contributed by atoms with Gasteiger partial charge in [-0.3, -0.25) is 4.79 Å². The number of fused-ring (bicyclic) bond motifs is 1. The molecule has 0 saturated heterocycles. The highest BCUT2D eigenvalue weighted by atomic mass is 32.1. The Balaban J connectivity index is 1.94. The average molecular weight is 288 g/mol. The molecule has 1 atom stereocenters. The van der Waals surface area contributed by atoms with Crippen molar-refractivity contribution in [3.05, 3.63) is 28.6 Å². The molecule has 1 aromatic carbocycles. The molecule has 20 heavy (non-hydrogen) atoms. The number of ether oxygens (including phenoxy) is 1. The molecule has 104 valence electrons. The molecule has 0 saturated carbocycles. The zero-order valence-corrected chi connectivity index (χ0v) is 12.3. The number of rotatable bonds is 3. The van der Waals surface area contributed by atoms with E-state index in [0.717, 1.165) is 34.1 Å². The minimum atomic E-state index is -0.390. The molecule has 1 aliphatic heterocycles. The van der Waals surface area contributed by atoms with E-state index in [1.165, 1.54) is 0 Å². The second-order valence-corrected chi connectivity index (χ2v) is 5.64. The van der Waals surface area contributed by atoms with Crippen LogP contribution in [0.4, 0.5) is 5.69 Å². The van der Waals surface area contributed by atoms with Gasteiger partial charge < -0.3 is 10.1 Å². The van der Waals surface area contributed by atoms with Gasteiger partial charge in [-0.2, -0.15) is 0 Å². The summed E-state index contributed by atoms with van der Waals surface area (Å²) in [7, 11) is 0. The van der Waals surface area contributed by atoms with E-state index in [-0.39, 0.29) is 12.0 Å². The SMILES string of the molecule is CCc1nc(-c2ccc3c(c2)NC(=O)C(CC)O3)cs1. The number of benzene rings is 1. The van der Waals surface area contributed by atoms with Crippen LogP contribution in [0.2, 0.25) is 0 Å². The quantitative estimate of drug-likeness (QED) is 0.940. The Kier molecular flexibility index (Phi) is 3.44. The minimum Gasteiger partial charge on any atom is -0.478 e. The second kappa shape index (κ2) is 5.25. The normalized spacial score (nSPS) is 17.3. The maximum Gasteiger partial charge on any atom is 0.265 e. The van der Waals surface area contributed by atoms with E-state index >= 15 is 0 Å². The third-order valence-electron chi connectivity index (χ3n) is 3.32. The van der Waals surface area contributed by atoms with Gasteiger partial charge in [-0.1, -0.05) is 13.8 Å². The lowest BCUT2D eigenvalue weighted by atomic mass is 10.1. The van der Waals surface area contributed by atoms with Gasteiger partial charge in [0, 0.05) is 10.9 Å². The number of carbonyl (C=O) groups excluding carboxylic acids is 1. The van der Waals surface area contributed by atoms with E-state index in [9.17, 15) is 4.79 Å². The van der Waals surface area contributed by atoms with Crippen molar-refractivity contribution in [2.24, 2.45) is 0 Å². The van der Waals surface area contributed by atoms with E-state index in [1.54, 1.807) is 11.3 Å². The van der Waals surface area contributed by atoms with Gasteiger partial charge in [0.1, 0.15) is 5.75 Å². The predicted molar refractivity (Wildman–Crippen MR) is 80.3 cm³/mol. The number of aromatic nitrogens is 1. The Morgan fingerprint density at radius 2 is 2.25 bits per heavy atom. The summed E-state index contributed by atoms with van der Waals surface area (Å²) >= 11 is 1.66. The highest BCUT2D eigenvalue weighted by Gasteiger charge is 2.26. The molecule has 3 rings (SSSR count). The van der Waals surface area contributed by atoms with Crippen LogP contribution in [-0.2, 0) is 11.2 Å². The van der Waals surface area contributed by atoms with Gasteiger partial charge in [-0.25, -0.2) is 4.98 Å². The first-order valence-electron chi connectivity index (χ1n) is 6.77. The van der Waals surface area contributed by atoms with E-state index in [2.05, 4.69) is 17.2 Å². The van der Waals surface area contributed by atoms with Crippen LogP contribution < -0.4 is 10.1 Å². The largest absolute Gasteiger partial charge is 0.478 e. The van der Waals surface area contributed by atoms with Gasteiger partial charge in [0.2, 0.25) is 0 Å². The van der Waals surface area contributed by atoms with Crippen LogP contribution in [-0.4, -0.2) is 17.0 Å². The van der Waals surface area contributed by atoms with E-state index in [1.807, 2.05) is 30.5 Å². The standard InChI is InChI=1S/C15H16N2O2S/c1-3-12-15(18)17-10-7-9(5-6-13(10)19-12)11-8-20-14(4-2)16-11/h5-8,12H,3-4H2,1-2H3,(H,17,18). The lowest BCUT2D eigenvalue weighted by molar-refractivity contribution is -0.123. The highest BCUT2D eigenvalue weighted by Crippen LogP contribution is 2.34. The second-order valence-electron chi connectivity index (χ2n) is 4.69. The Bertz CT molecular complexity index is 651. The minimum absolute atomic E-state index is 0.0790. The van der Waals surface area contributed by atoms with Crippen LogP contribution in [0.25, 0.3) is 11.3 Å². The first-order chi connectivity index (χ1) is 9.71. The van der Waals surface area contributed by atoms with Crippen molar-refractivity contribution in [2.75, 3.05) is 5.32 Å². The molecule has 1 aliphatic rings. The maximum absolute atomic E-state index is 11.8. The molecular formula is C15H16N2O2S. The molecule has 0 fully saturated rings. The average Bonchev–Trinajstić information content (AvgIpc) is 2.95. The number of thiazole rings is 1. The van der Waals surface area contributed by atoms with Crippen molar-refractivity contribution in [3.63, 3.8) is 0 Å². The number of nitrogens with one attached hydrogen (secondary N) is 1. The molecule has 1 amide bonds. The first kappa shape index (κ1) is 13.1. The number of aryl methyl sites for hydroxylation is 1. The Labute approximate surface area is 121 Å². The fourth-order valence-corrected chi connectivity index (χ4v) is 2.94. The Morgan fingerprint density at radius 1 is 1.40 bits per heavy atom. The van der Waals surface area contributed by atoms with Gasteiger partial charge in [0.25, 0.3) is 5.91 Å². The molecule has 0 aliphatic carbocycles. The van der Waals surface area contributed by atoms with Crippen LogP contribution in [0.15, 0.2) is 23.6 Å². The van der Waals surface area contributed by atoms with Crippen molar-refractivity contribution in [1.29, 1.82) is 0 Å². The Hall–Kier alpha value is -1.88. The van der Waals surface area contributed by atoms with E-state index in [0.29, 0.717) is 6.42 Å². The summed E-state index contributed by atoms with van der Waals surface area (Å²) in [5.41, 5.74) is 2.67. The van der Waals surface area contributed by atoms with Gasteiger partial charge >= 0.3 is 0 Å². The summed E-state index contributed by atoms with van der Waals surface area (Å²) in [5.74, 6) is 0.649. The zero-order valence-electron chi connectivity index (χ0n) is 11.5. The molecular weight excluding hydrogens is 272 g/mol. The topological polar surface area (TPSA) is 51.2 Å². The summed E-state index contributed by atoms with van der Waals surface area (Å²) in [6, 6.07) is 5.81. The fourth-order valence-electron chi connectivity index (χ4n) is 2.18. The molecule has 4 nitrogen and oxygen atoms in total. The summed E-state index contributed by atoms with van der Waals surface area (Å²) in [6.45, 7) is 4.03. The zero-order chi connectivity index (χ0) is 14.1. The molecule has 2 aromatic rings. The molecule has 0 radical (unpaired) electrons. The lowest BCUT2D eigenvalue weighted by Crippen LogP contribution is -2.36. The highest BCUT2D eigenvalue weighted by molar-refractivity contribution is 7.09.